The van der Waals surface area contributed by atoms with Crippen molar-refractivity contribution in [1.82, 2.24) is 0 Å². The molecule has 4 aromatic rings. The molecule has 43 heavy (non-hydrogen) atoms. The molecule has 5 nitrogen and oxygen atoms in total. The number of rotatable bonds is 7. The van der Waals surface area contributed by atoms with E-state index in [4.69, 9.17) is 0 Å². The Morgan fingerprint density at radius 1 is 0.698 bits per heavy atom. The zero-order valence-electron chi connectivity index (χ0n) is 24.7. The largest absolute Gasteiger partial charge is 0.355 e. The van der Waals surface area contributed by atoms with E-state index in [0.29, 0.717) is 5.69 Å². The zero-order chi connectivity index (χ0) is 29.9. The fraction of sp³-hybridized carbons (Fsp3) is 0.132. The number of hydrogen-bond acceptors (Lipinski definition) is 3. The van der Waals surface area contributed by atoms with Gasteiger partial charge in [-0.05, 0) is 90.9 Å². The molecule has 0 fully saturated rings. The third-order valence-corrected chi connectivity index (χ3v) is 8.03. The average molecular weight is 565 g/mol. The summed E-state index contributed by atoms with van der Waals surface area (Å²) in [5.74, 6) is -0.647. The molecule has 212 valence electrons. The first-order valence-electron chi connectivity index (χ1n) is 14.7. The van der Waals surface area contributed by atoms with Gasteiger partial charge in [0.25, 0.3) is 11.8 Å². The minimum atomic E-state index is -0.324. The van der Waals surface area contributed by atoms with Crippen molar-refractivity contribution in [2.45, 2.75) is 20.8 Å². The van der Waals surface area contributed by atoms with E-state index >= 15 is 0 Å². The lowest BCUT2D eigenvalue weighted by atomic mass is 9.87. The lowest BCUT2D eigenvalue weighted by Gasteiger charge is -2.19. The second kappa shape index (κ2) is 11.9. The first-order chi connectivity index (χ1) is 21.0. The molecule has 0 saturated heterocycles. The maximum absolute atomic E-state index is 12.1. The molecular weight excluding hydrogens is 530 g/mol. The van der Waals surface area contributed by atoms with Crippen molar-refractivity contribution in [3.8, 4) is 0 Å². The highest BCUT2D eigenvalue weighted by atomic mass is 16.2. The molecule has 2 amide bonds. The van der Waals surface area contributed by atoms with Gasteiger partial charge in [0.15, 0.2) is 5.71 Å². The predicted octanol–water partition coefficient (Wildman–Crippen LogP) is 7.74. The summed E-state index contributed by atoms with van der Waals surface area (Å²) in [7, 11) is 0. The van der Waals surface area contributed by atoms with Gasteiger partial charge in [0.05, 0.1) is 5.69 Å². The Balaban J connectivity index is 1.41. The van der Waals surface area contributed by atoms with Crippen molar-refractivity contribution >= 4 is 50.9 Å². The second-order valence-corrected chi connectivity index (χ2v) is 10.7. The third-order valence-electron chi connectivity index (χ3n) is 8.03. The van der Waals surface area contributed by atoms with Crippen molar-refractivity contribution in [2.75, 3.05) is 23.3 Å². The lowest BCUT2D eigenvalue weighted by Crippen LogP contribution is -2.29. The van der Waals surface area contributed by atoms with Gasteiger partial charge in [-0.15, -0.1) is 0 Å². The van der Waals surface area contributed by atoms with E-state index in [1.165, 1.54) is 45.0 Å². The highest BCUT2D eigenvalue weighted by Gasteiger charge is 2.25. The van der Waals surface area contributed by atoms with E-state index in [1.807, 2.05) is 12.1 Å². The number of carbonyl (C=O) groups excluding carboxylic acids is 2. The number of nitrogens with zero attached hydrogens (tertiary/aromatic N) is 2. The van der Waals surface area contributed by atoms with Crippen LogP contribution in [0.5, 0.6) is 0 Å². The molecule has 1 aliphatic carbocycles. The number of benzene rings is 4. The monoisotopic (exact) mass is 564 g/mol. The first kappa shape index (κ1) is 27.9. The number of carbonyl (C=O) groups is 2. The van der Waals surface area contributed by atoms with Gasteiger partial charge in [-0.2, -0.15) is 0 Å². The summed E-state index contributed by atoms with van der Waals surface area (Å²) in [5.41, 5.74) is 9.53. The fourth-order valence-electron chi connectivity index (χ4n) is 5.76. The maximum Gasteiger partial charge on any atom is 0.258 e. The number of allylic oxidation sites excluding steroid dienone is 5. The van der Waals surface area contributed by atoms with Crippen molar-refractivity contribution in [2.24, 2.45) is 0 Å². The summed E-state index contributed by atoms with van der Waals surface area (Å²) < 4.78 is 2.36. The molecule has 5 heteroatoms. The van der Waals surface area contributed by atoms with Crippen LogP contribution < -0.4 is 10.2 Å². The van der Waals surface area contributed by atoms with Crippen LogP contribution in [-0.4, -0.2) is 35.2 Å². The van der Waals surface area contributed by atoms with Crippen molar-refractivity contribution in [3.63, 3.8) is 0 Å². The van der Waals surface area contributed by atoms with Crippen molar-refractivity contribution in [3.05, 3.63) is 144 Å². The molecule has 0 unspecified atom stereocenters. The molecular formula is C38H34N3O2+. The topological polar surface area (TPSA) is 52.4 Å². The minimum Gasteiger partial charge on any atom is -0.355 e. The highest BCUT2D eigenvalue weighted by Crippen LogP contribution is 2.38. The summed E-state index contributed by atoms with van der Waals surface area (Å²) in [5, 5.41) is 5.80. The van der Waals surface area contributed by atoms with Crippen LogP contribution in [0.25, 0.3) is 16.3 Å². The Kier molecular flexibility index (Phi) is 7.71. The van der Waals surface area contributed by atoms with Crippen molar-refractivity contribution in [1.29, 1.82) is 0 Å². The summed E-state index contributed by atoms with van der Waals surface area (Å²) in [6.45, 7) is 8.42. The number of aryl methyl sites for hydroxylation is 1. The van der Waals surface area contributed by atoms with Gasteiger partial charge in [-0.25, -0.2) is 9.48 Å². The van der Waals surface area contributed by atoms with Crippen molar-refractivity contribution < 1.29 is 14.2 Å². The van der Waals surface area contributed by atoms with Gasteiger partial charge in [-0.3, -0.25) is 9.59 Å². The van der Waals surface area contributed by atoms with Gasteiger partial charge in [-0.1, -0.05) is 60.2 Å². The molecule has 0 bridgehead atoms. The number of amides is 2. The smallest absolute Gasteiger partial charge is 0.258 e. The van der Waals surface area contributed by atoms with E-state index in [1.54, 1.807) is 12.1 Å². The molecule has 1 heterocycles. The molecule has 6 rings (SSSR count). The van der Waals surface area contributed by atoms with E-state index < -0.39 is 0 Å². The first-order valence-corrected chi connectivity index (χ1v) is 14.7. The van der Waals surface area contributed by atoms with Gasteiger partial charge in [0, 0.05) is 41.1 Å². The summed E-state index contributed by atoms with van der Waals surface area (Å²) >= 11 is 0. The van der Waals surface area contributed by atoms with Crippen LogP contribution in [0.2, 0.25) is 0 Å². The third kappa shape index (κ3) is 5.50. The molecule has 1 N–H and O–H groups in total. The van der Waals surface area contributed by atoms with E-state index in [9.17, 15) is 9.59 Å². The van der Waals surface area contributed by atoms with Crippen LogP contribution in [0.4, 0.5) is 17.1 Å². The number of nitrogens with one attached hydrogen (secondary N) is 1. The van der Waals surface area contributed by atoms with Gasteiger partial charge in [0.2, 0.25) is 0 Å². The number of hydrogen-bond donors (Lipinski definition) is 1. The van der Waals surface area contributed by atoms with Crippen LogP contribution in [0.1, 0.15) is 30.5 Å². The predicted molar refractivity (Wildman–Crippen MR) is 177 cm³/mol. The molecule has 0 aromatic heterocycles. The van der Waals surface area contributed by atoms with E-state index in [0.717, 1.165) is 40.8 Å². The lowest BCUT2D eigenvalue weighted by molar-refractivity contribution is -0.519. The molecule has 2 aliphatic rings. The van der Waals surface area contributed by atoms with Crippen LogP contribution in [0.3, 0.4) is 0 Å². The maximum atomic E-state index is 12.1. The SMILES string of the molecule is CC[N+](CC)=C1C=CC(=C(c2ccc(C)cc2)c2ccc(Nc3ccc(N4C(=O)C=CC4=O)cc3)c3ccccc23)C=C1. The quantitative estimate of drug-likeness (QED) is 0.185. The normalized spacial score (nSPS) is 14.3. The number of fused-ring (bicyclic) bond motifs is 1. The molecule has 4 aromatic carbocycles. The molecule has 0 spiro atoms. The molecule has 0 atom stereocenters. The molecule has 0 radical (unpaired) electrons. The standard InChI is InChI=1S/C38H33N3O2/c1-4-40(5-2)30-18-14-28(15-19-30)38(27-12-10-26(3)11-13-27)34-22-23-35(33-9-7-6-8-32(33)34)39-29-16-20-31(21-17-29)41-36(42)24-25-37(41)43/h6-25H,4-5H2,1-3H3/p+1. The van der Waals surface area contributed by atoms with Gasteiger partial charge < -0.3 is 5.32 Å². The number of anilines is 3. The Morgan fingerprint density at radius 3 is 1.95 bits per heavy atom. The second-order valence-electron chi connectivity index (χ2n) is 10.7. The fourth-order valence-corrected chi connectivity index (χ4v) is 5.76. The summed E-state index contributed by atoms with van der Waals surface area (Å²) in [6.07, 6.45) is 11.5. The van der Waals surface area contributed by atoms with Crippen LogP contribution >= 0.6 is 0 Å². The minimum absolute atomic E-state index is 0.324. The van der Waals surface area contributed by atoms with Gasteiger partial charge >= 0.3 is 0 Å². The Morgan fingerprint density at radius 2 is 1.33 bits per heavy atom. The van der Waals surface area contributed by atoms with Crippen LogP contribution in [0.15, 0.2) is 127 Å². The molecule has 0 saturated carbocycles. The van der Waals surface area contributed by atoms with Crippen LogP contribution in [0, 0.1) is 6.92 Å². The average Bonchev–Trinajstić information content (AvgIpc) is 3.38. The Labute approximate surface area is 252 Å². The molecule has 1 aliphatic heterocycles. The number of imide groups is 1. The Bertz CT molecular complexity index is 1850. The van der Waals surface area contributed by atoms with Crippen LogP contribution in [-0.2, 0) is 9.59 Å². The Hall–Kier alpha value is -5.29. The summed E-state index contributed by atoms with van der Waals surface area (Å²) in [4.78, 5) is 25.3. The van der Waals surface area contributed by atoms with E-state index in [2.05, 4.69) is 116 Å². The summed E-state index contributed by atoms with van der Waals surface area (Å²) in [6, 6.07) is 28.9. The highest BCUT2D eigenvalue weighted by molar-refractivity contribution is 6.28. The zero-order valence-corrected chi connectivity index (χ0v) is 24.7. The van der Waals surface area contributed by atoms with Gasteiger partial charge in [0.1, 0.15) is 13.1 Å². The van der Waals surface area contributed by atoms with E-state index in [-0.39, 0.29) is 11.8 Å².